The summed E-state index contributed by atoms with van der Waals surface area (Å²) in [7, 11) is 0. The molecule has 10 heteroatoms. The van der Waals surface area contributed by atoms with Crippen molar-refractivity contribution in [3.05, 3.63) is 64.8 Å². The van der Waals surface area contributed by atoms with Crippen molar-refractivity contribution in [3.8, 4) is 5.75 Å². The summed E-state index contributed by atoms with van der Waals surface area (Å²) >= 11 is 6.21. The molecule has 1 fully saturated rings. The van der Waals surface area contributed by atoms with Gasteiger partial charge >= 0.3 is 6.61 Å². The number of amides is 2. The minimum Gasteiger partial charge on any atom is -0.435 e. The van der Waals surface area contributed by atoms with E-state index in [0.717, 1.165) is 22.3 Å². The molecule has 1 aromatic carbocycles. The molecule has 6 nitrogen and oxygen atoms in total. The molecule has 2 heterocycles. The molecule has 2 N–H and O–H groups in total. The summed E-state index contributed by atoms with van der Waals surface area (Å²) in [5, 5.41) is 0.977. The van der Waals surface area contributed by atoms with E-state index >= 15 is 0 Å². The third-order valence-corrected chi connectivity index (χ3v) is 4.68. The van der Waals surface area contributed by atoms with Gasteiger partial charge in [-0.3, -0.25) is 15.0 Å². The first-order valence-electron chi connectivity index (χ1n) is 7.54. The third-order valence-electron chi connectivity index (χ3n) is 3.38. The van der Waals surface area contributed by atoms with Crippen molar-refractivity contribution in [2.75, 3.05) is 0 Å². The van der Waals surface area contributed by atoms with E-state index in [-0.39, 0.29) is 15.6 Å². The van der Waals surface area contributed by atoms with Crippen LogP contribution < -0.4 is 15.1 Å². The highest BCUT2D eigenvalue weighted by molar-refractivity contribution is 8.26. The van der Waals surface area contributed by atoms with Crippen LogP contribution in [0.15, 0.2) is 53.7 Å². The maximum absolute atomic E-state index is 12.5. The molecule has 1 aliphatic heterocycles. The fourth-order valence-electron chi connectivity index (χ4n) is 2.17. The molecule has 0 unspecified atom stereocenters. The number of nitrogens with one attached hydrogen (secondary N) is 2. The van der Waals surface area contributed by atoms with E-state index in [9.17, 15) is 18.4 Å². The van der Waals surface area contributed by atoms with Gasteiger partial charge < -0.3 is 4.74 Å². The van der Waals surface area contributed by atoms with E-state index in [2.05, 4.69) is 15.1 Å². The Kier molecular flexibility index (Phi) is 5.77. The third kappa shape index (κ3) is 4.66. The van der Waals surface area contributed by atoms with E-state index < -0.39 is 18.4 Å². The number of benzene rings is 1. The van der Waals surface area contributed by atoms with E-state index in [4.69, 9.17) is 12.2 Å². The fraction of sp³-hybridized carbons (Fsp3) is 0.0588. The van der Waals surface area contributed by atoms with Crippen LogP contribution in [-0.2, 0) is 4.79 Å². The van der Waals surface area contributed by atoms with Gasteiger partial charge in [-0.15, -0.1) is 0 Å². The summed E-state index contributed by atoms with van der Waals surface area (Å²) < 4.78 is 28.7. The Morgan fingerprint density at radius 1 is 1.30 bits per heavy atom. The number of carbonyl (C=O) groups is 2. The highest BCUT2D eigenvalue weighted by Crippen LogP contribution is 2.31. The lowest BCUT2D eigenvalue weighted by Gasteiger charge is -2.15. The van der Waals surface area contributed by atoms with Gasteiger partial charge in [-0.1, -0.05) is 11.8 Å². The lowest BCUT2D eigenvalue weighted by Crippen LogP contribution is -2.44. The molecule has 1 saturated heterocycles. The highest BCUT2D eigenvalue weighted by atomic mass is 32.2. The molecule has 3 rings (SSSR count). The van der Waals surface area contributed by atoms with Crippen molar-refractivity contribution in [1.82, 2.24) is 10.4 Å². The Labute approximate surface area is 162 Å². The Morgan fingerprint density at radius 2 is 2.04 bits per heavy atom. The van der Waals surface area contributed by atoms with Crippen LogP contribution in [0.2, 0.25) is 0 Å². The number of halogens is 2. The van der Waals surface area contributed by atoms with Crippen molar-refractivity contribution < 1.29 is 28.1 Å². The van der Waals surface area contributed by atoms with Gasteiger partial charge in [0, 0.05) is 17.2 Å². The number of H-pyrrole nitrogens is 1. The first-order valence-corrected chi connectivity index (χ1v) is 8.76. The number of carbonyl (C=O) groups excluding carboxylic acids is 2. The second-order valence-electron chi connectivity index (χ2n) is 5.20. The lowest BCUT2D eigenvalue weighted by atomic mass is 10.2. The zero-order chi connectivity index (χ0) is 19.4. The first-order chi connectivity index (χ1) is 12.9. The van der Waals surface area contributed by atoms with Crippen molar-refractivity contribution in [2.24, 2.45) is 0 Å². The average Bonchev–Trinajstić information content (AvgIpc) is 2.90. The van der Waals surface area contributed by atoms with Gasteiger partial charge in [0.2, 0.25) is 0 Å². The molecular formula is C17H12F2N3O3S2+. The number of ether oxygens (including phenoxy) is 1. The number of nitrogens with zero attached hydrogens (tertiary/aromatic N) is 1. The van der Waals surface area contributed by atoms with Gasteiger partial charge in [-0.25, -0.2) is 4.98 Å². The summed E-state index contributed by atoms with van der Waals surface area (Å²) in [6, 6.07) is 8.68. The number of thiocarbonyl (C=S) groups is 1. The second-order valence-corrected chi connectivity index (χ2v) is 6.87. The zero-order valence-corrected chi connectivity index (χ0v) is 15.2. The van der Waals surface area contributed by atoms with Gasteiger partial charge in [0.05, 0.1) is 4.91 Å². The lowest BCUT2D eigenvalue weighted by molar-refractivity contribution is -0.378. The maximum Gasteiger partial charge on any atom is 0.387 e. The number of alkyl halides is 2. The smallest absolute Gasteiger partial charge is 0.387 e. The van der Waals surface area contributed by atoms with Crippen molar-refractivity contribution in [1.29, 1.82) is 0 Å². The fourth-order valence-corrected chi connectivity index (χ4v) is 3.35. The van der Waals surface area contributed by atoms with Gasteiger partial charge in [-0.2, -0.15) is 13.8 Å². The van der Waals surface area contributed by atoms with Crippen LogP contribution in [0.1, 0.15) is 15.9 Å². The zero-order valence-electron chi connectivity index (χ0n) is 13.5. The molecule has 0 bridgehead atoms. The standard InChI is InChI=1S/C17H11F2N3O3S2/c18-16(19)25-12-5-3-11(4-6-12)14(23)21-22-15(24)13(27-17(22)26)8-10-2-1-7-20-9-10/h1-9,16H,(H,21,23)/p+1. The average molecular weight is 408 g/mol. The number of hydrogen-bond donors (Lipinski definition) is 1. The Balaban J connectivity index is 1.70. The van der Waals surface area contributed by atoms with Crippen LogP contribution in [-0.4, -0.2) is 27.8 Å². The molecule has 0 atom stereocenters. The number of rotatable bonds is 5. The monoisotopic (exact) mass is 408 g/mol. The topological polar surface area (TPSA) is 72.8 Å². The summed E-state index contributed by atoms with van der Waals surface area (Å²) in [4.78, 5) is 28.1. The molecule has 27 heavy (non-hydrogen) atoms. The van der Waals surface area contributed by atoms with E-state index in [1.54, 1.807) is 24.5 Å². The minimum absolute atomic E-state index is 0.0743. The number of hydrazine groups is 1. The normalized spacial score (nSPS) is 15.5. The van der Waals surface area contributed by atoms with Crippen LogP contribution in [0.25, 0.3) is 6.08 Å². The molecule has 1 aliphatic rings. The second kappa shape index (κ2) is 8.23. The summed E-state index contributed by atoms with van der Waals surface area (Å²) in [5.74, 6) is -1.14. The largest absolute Gasteiger partial charge is 0.435 e. The molecule has 0 spiro atoms. The molecule has 0 aliphatic carbocycles. The number of aromatic amines is 1. The molecule has 2 aromatic rings. The van der Waals surface area contributed by atoms with Crippen LogP contribution in [0.4, 0.5) is 8.78 Å². The summed E-state index contributed by atoms with van der Waals surface area (Å²) in [6.07, 6.45) is 5.10. The Hall–Kier alpha value is -2.85. The van der Waals surface area contributed by atoms with Crippen molar-refractivity contribution in [2.45, 2.75) is 6.61 Å². The molecular weight excluding hydrogens is 396 g/mol. The summed E-state index contributed by atoms with van der Waals surface area (Å²) in [6.45, 7) is -2.95. The number of hydrogen-bond acceptors (Lipinski definition) is 5. The van der Waals surface area contributed by atoms with Gasteiger partial charge in [0.15, 0.2) is 16.7 Å². The van der Waals surface area contributed by atoms with E-state index in [0.29, 0.717) is 4.91 Å². The highest BCUT2D eigenvalue weighted by Gasteiger charge is 2.33. The Morgan fingerprint density at radius 3 is 2.67 bits per heavy atom. The predicted molar refractivity (Wildman–Crippen MR) is 98.5 cm³/mol. The van der Waals surface area contributed by atoms with E-state index in [1.807, 2.05) is 6.07 Å². The quantitative estimate of drug-likeness (QED) is 0.608. The predicted octanol–water partition coefficient (Wildman–Crippen LogP) is 2.65. The van der Waals surface area contributed by atoms with Gasteiger partial charge in [0.25, 0.3) is 11.8 Å². The number of pyridine rings is 1. The van der Waals surface area contributed by atoms with Crippen LogP contribution >= 0.6 is 24.0 Å². The Bertz CT molecular complexity index is 905. The van der Waals surface area contributed by atoms with Crippen LogP contribution in [0, 0.1) is 0 Å². The summed E-state index contributed by atoms with van der Waals surface area (Å²) in [5.41, 5.74) is 3.35. The molecule has 138 valence electrons. The van der Waals surface area contributed by atoms with E-state index in [1.165, 1.54) is 24.3 Å². The minimum atomic E-state index is -2.95. The van der Waals surface area contributed by atoms with Crippen LogP contribution in [0.5, 0.6) is 5.75 Å². The molecule has 0 saturated carbocycles. The molecule has 0 radical (unpaired) electrons. The van der Waals surface area contributed by atoms with Crippen LogP contribution in [0.3, 0.4) is 0 Å². The maximum atomic E-state index is 12.5. The van der Waals surface area contributed by atoms with Gasteiger partial charge in [-0.05, 0) is 48.6 Å². The van der Waals surface area contributed by atoms with Gasteiger partial charge in [0.1, 0.15) is 5.75 Å². The number of aromatic nitrogens is 1. The SMILES string of the molecule is O=C(NN1C(=O)C(=Cc2ccc[nH+]c2)SC1=S)c1ccc(OC(F)F)cc1. The molecule has 1 aromatic heterocycles. The first kappa shape index (κ1) is 18.9. The molecule has 2 amide bonds. The number of thioether (sulfide) groups is 1. The van der Waals surface area contributed by atoms with Crippen molar-refractivity contribution >= 4 is 46.2 Å². The van der Waals surface area contributed by atoms with Crippen molar-refractivity contribution in [3.63, 3.8) is 0 Å².